The van der Waals surface area contributed by atoms with Gasteiger partial charge in [-0.15, -0.1) is 0 Å². The molecule has 7 heteroatoms. The minimum atomic E-state index is -3.05. The van der Waals surface area contributed by atoms with E-state index >= 15 is 0 Å². The lowest BCUT2D eigenvalue weighted by molar-refractivity contribution is 0.0165. The van der Waals surface area contributed by atoms with Gasteiger partial charge < -0.3 is 9.84 Å². The Kier molecular flexibility index (Phi) is 3.21. The third kappa shape index (κ3) is 2.09. The van der Waals surface area contributed by atoms with Crippen LogP contribution in [0.1, 0.15) is 38.2 Å². The molecule has 110 valence electrons. The van der Waals surface area contributed by atoms with Crippen LogP contribution in [-0.4, -0.2) is 40.6 Å². The number of hydrogen-bond donors (Lipinski definition) is 1. The second-order valence-electron chi connectivity index (χ2n) is 5.54. The summed E-state index contributed by atoms with van der Waals surface area (Å²) in [5, 5.41) is 9.93. The van der Waals surface area contributed by atoms with Crippen LogP contribution >= 0.6 is 0 Å². The van der Waals surface area contributed by atoms with Crippen molar-refractivity contribution >= 4 is 9.84 Å². The molecule has 6 nitrogen and oxygen atoms in total. The van der Waals surface area contributed by atoms with Crippen LogP contribution in [-0.2, 0) is 15.4 Å². The van der Waals surface area contributed by atoms with Crippen LogP contribution in [0.4, 0.5) is 0 Å². The van der Waals surface area contributed by atoms with Gasteiger partial charge in [0, 0.05) is 18.0 Å². The fourth-order valence-corrected chi connectivity index (χ4v) is 5.73. The molecule has 3 heterocycles. The Hall–Kier alpha value is -1.21. The van der Waals surface area contributed by atoms with Crippen LogP contribution in [0.25, 0.3) is 0 Å². The predicted octanol–water partition coefficient (Wildman–Crippen LogP) is 0.802. The van der Waals surface area contributed by atoms with Crippen LogP contribution in [0, 0.1) is 0 Å². The van der Waals surface area contributed by atoms with E-state index in [4.69, 9.17) is 4.74 Å². The Morgan fingerprint density at radius 3 is 2.35 bits per heavy atom. The van der Waals surface area contributed by atoms with Crippen molar-refractivity contribution in [1.82, 2.24) is 9.97 Å². The van der Waals surface area contributed by atoms with Gasteiger partial charge in [0.25, 0.3) is 0 Å². The number of aliphatic hydroxyl groups is 1. The average Bonchev–Trinajstić information content (AvgIpc) is 2.60. The highest BCUT2D eigenvalue weighted by Crippen LogP contribution is 2.47. The predicted molar refractivity (Wildman–Crippen MR) is 72.1 cm³/mol. The Morgan fingerprint density at radius 2 is 1.85 bits per heavy atom. The molecular formula is C13H18N2O4S. The van der Waals surface area contributed by atoms with E-state index in [-0.39, 0.29) is 18.9 Å². The fraction of sp³-hybridized carbons (Fsp3) is 0.692. The van der Waals surface area contributed by atoms with Gasteiger partial charge in [-0.2, -0.15) is 0 Å². The zero-order chi connectivity index (χ0) is 14.4. The van der Waals surface area contributed by atoms with Gasteiger partial charge in [-0.25, -0.2) is 18.4 Å². The van der Waals surface area contributed by atoms with E-state index in [0.29, 0.717) is 25.0 Å². The molecule has 3 rings (SSSR count). The maximum absolute atomic E-state index is 12.1. The largest absolute Gasteiger partial charge is 0.464 e. The van der Waals surface area contributed by atoms with Crippen LogP contribution in [0.5, 0.6) is 6.01 Å². The molecule has 0 radical (unpaired) electrons. The number of ether oxygens (including phenoxy) is 1. The number of nitrogens with zero attached hydrogens (tertiary/aromatic N) is 2. The number of rotatable bonds is 3. The van der Waals surface area contributed by atoms with Gasteiger partial charge in [-0.3, -0.25) is 0 Å². The molecule has 20 heavy (non-hydrogen) atoms. The summed E-state index contributed by atoms with van der Waals surface area (Å²) in [7, 11) is -3.05. The molecular weight excluding hydrogens is 280 g/mol. The summed E-state index contributed by atoms with van der Waals surface area (Å²) < 4.78 is 29.3. The average molecular weight is 298 g/mol. The Labute approximate surface area is 118 Å². The van der Waals surface area contributed by atoms with Gasteiger partial charge in [0.2, 0.25) is 0 Å². The number of sulfone groups is 1. The first-order chi connectivity index (χ1) is 9.45. The standard InChI is InChI=1S/C13H18N2O4S/c1-2-19-12-14-7-9(8-15-12)13(16)5-10-3-4-11(6-13)20(10,17)18/h7-8,10-11,16H,2-6H2,1H3. The molecule has 2 aliphatic rings. The SMILES string of the molecule is CCOc1ncc(C2(O)CC3CCC(C2)S3(=O)=O)cn1. The van der Waals surface area contributed by atoms with E-state index in [1.807, 2.05) is 6.92 Å². The van der Waals surface area contributed by atoms with E-state index < -0.39 is 25.9 Å². The van der Waals surface area contributed by atoms with Crippen molar-refractivity contribution in [2.75, 3.05) is 6.61 Å². The zero-order valence-corrected chi connectivity index (χ0v) is 12.1. The number of hydrogen-bond acceptors (Lipinski definition) is 6. The first-order valence-electron chi connectivity index (χ1n) is 6.86. The van der Waals surface area contributed by atoms with Gasteiger partial charge in [0.05, 0.1) is 22.7 Å². The lowest BCUT2D eigenvalue weighted by atomic mass is 9.88. The molecule has 1 aromatic rings. The highest BCUT2D eigenvalue weighted by molar-refractivity contribution is 7.93. The van der Waals surface area contributed by atoms with E-state index in [0.717, 1.165) is 0 Å². The number of aromatic nitrogens is 2. The molecule has 1 aromatic heterocycles. The molecule has 2 fully saturated rings. The normalized spacial score (nSPS) is 34.9. The van der Waals surface area contributed by atoms with Gasteiger partial charge in [-0.1, -0.05) is 0 Å². The van der Waals surface area contributed by atoms with Crippen LogP contribution in [0.15, 0.2) is 12.4 Å². The zero-order valence-electron chi connectivity index (χ0n) is 11.3. The summed E-state index contributed by atoms with van der Waals surface area (Å²) in [6, 6.07) is 0.270. The smallest absolute Gasteiger partial charge is 0.316 e. The summed E-state index contributed by atoms with van der Waals surface area (Å²) in [6.45, 7) is 2.32. The minimum absolute atomic E-state index is 0.239. The molecule has 0 amide bonds. The second-order valence-corrected chi connectivity index (χ2v) is 8.05. The van der Waals surface area contributed by atoms with Gasteiger partial charge >= 0.3 is 6.01 Å². The molecule has 2 bridgehead atoms. The molecule has 1 N–H and O–H groups in total. The molecule has 0 spiro atoms. The topological polar surface area (TPSA) is 89.4 Å². The molecule has 0 saturated carbocycles. The Bertz CT molecular complexity index is 579. The summed E-state index contributed by atoms with van der Waals surface area (Å²) >= 11 is 0. The van der Waals surface area contributed by atoms with E-state index in [1.54, 1.807) is 0 Å². The first-order valence-corrected chi connectivity index (χ1v) is 8.47. The van der Waals surface area contributed by atoms with Gasteiger partial charge in [0.1, 0.15) is 0 Å². The molecule has 2 unspecified atom stereocenters. The maximum Gasteiger partial charge on any atom is 0.316 e. The van der Waals surface area contributed by atoms with E-state index in [9.17, 15) is 13.5 Å². The van der Waals surface area contributed by atoms with Crippen molar-refractivity contribution in [1.29, 1.82) is 0 Å². The molecule has 0 aliphatic carbocycles. The van der Waals surface area contributed by atoms with Crippen molar-refractivity contribution in [3.63, 3.8) is 0 Å². The molecule has 2 atom stereocenters. The second kappa shape index (κ2) is 4.66. The molecule has 0 aromatic carbocycles. The quantitative estimate of drug-likeness (QED) is 0.888. The van der Waals surface area contributed by atoms with E-state index in [2.05, 4.69) is 9.97 Å². The minimum Gasteiger partial charge on any atom is -0.464 e. The number of fused-ring (bicyclic) bond motifs is 2. The highest BCUT2D eigenvalue weighted by Gasteiger charge is 2.53. The van der Waals surface area contributed by atoms with Crippen molar-refractivity contribution < 1.29 is 18.3 Å². The summed E-state index contributed by atoms with van der Waals surface area (Å²) in [4.78, 5) is 8.11. The monoisotopic (exact) mass is 298 g/mol. The third-order valence-corrected chi connectivity index (χ3v) is 6.97. The van der Waals surface area contributed by atoms with Crippen molar-refractivity contribution in [2.45, 2.75) is 48.7 Å². The summed E-state index contributed by atoms with van der Waals surface area (Å²) in [5.41, 5.74) is -0.560. The third-order valence-electron chi connectivity index (χ3n) is 4.31. The van der Waals surface area contributed by atoms with E-state index in [1.165, 1.54) is 12.4 Å². The summed E-state index contributed by atoms with van der Waals surface area (Å²) in [6.07, 6.45) is 4.84. The molecule has 2 aliphatic heterocycles. The van der Waals surface area contributed by atoms with Crippen molar-refractivity contribution in [2.24, 2.45) is 0 Å². The fourth-order valence-electron chi connectivity index (χ4n) is 3.24. The maximum atomic E-state index is 12.1. The Balaban J connectivity index is 1.87. The van der Waals surface area contributed by atoms with Gasteiger partial charge in [0.15, 0.2) is 9.84 Å². The van der Waals surface area contributed by atoms with Crippen molar-refractivity contribution in [3.05, 3.63) is 18.0 Å². The highest BCUT2D eigenvalue weighted by atomic mass is 32.2. The Morgan fingerprint density at radius 1 is 1.30 bits per heavy atom. The lowest BCUT2D eigenvalue weighted by Crippen LogP contribution is -2.43. The van der Waals surface area contributed by atoms with Gasteiger partial charge in [-0.05, 0) is 32.6 Å². The molecule has 2 saturated heterocycles. The van der Waals surface area contributed by atoms with Crippen LogP contribution < -0.4 is 4.74 Å². The summed E-state index contributed by atoms with van der Waals surface area (Å²) in [5.74, 6) is 0. The lowest BCUT2D eigenvalue weighted by Gasteiger charge is -2.36. The first kappa shape index (κ1) is 13.8. The van der Waals surface area contributed by atoms with Crippen LogP contribution in [0.3, 0.4) is 0 Å². The van der Waals surface area contributed by atoms with Crippen LogP contribution in [0.2, 0.25) is 0 Å². The van der Waals surface area contributed by atoms with Crippen molar-refractivity contribution in [3.8, 4) is 6.01 Å².